The molecule has 0 aromatic heterocycles. The van der Waals surface area contributed by atoms with E-state index in [0.717, 1.165) is 12.8 Å². The molecule has 108 valence electrons. The minimum atomic E-state index is -0.570. The molecular weight excluding hydrogens is 270 g/mol. The highest BCUT2D eigenvalue weighted by molar-refractivity contribution is 5.98. The fourth-order valence-electron chi connectivity index (χ4n) is 3.07. The van der Waals surface area contributed by atoms with E-state index >= 15 is 0 Å². The van der Waals surface area contributed by atoms with Crippen molar-refractivity contribution in [2.45, 2.75) is 12.8 Å². The van der Waals surface area contributed by atoms with Gasteiger partial charge in [0.25, 0.3) is 11.6 Å². The van der Waals surface area contributed by atoms with E-state index in [4.69, 9.17) is 0 Å². The number of nitro benzene ring substituents is 1. The minimum Gasteiger partial charge on any atom is -0.267 e. The van der Waals surface area contributed by atoms with Crippen LogP contribution in [-0.4, -0.2) is 17.0 Å². The van der Waals surface area contributed by atoms with Gasteiger partial charge in [-0.3, -0.25) is 14.9 Å². The Hall–Kier alpha value is -2.50. The number of nitrogens with one attached hydrogen (secondary N) is 1. The molecule has 6 nitrogen and oxygen atoms in total. The predicted octanol–water partition coefficient (Wildman–Crippen LogP) is 2.52. The van der Waals surface area contributed by atoms with Gasteiger partial charge in [0.15, 0.2) is 0 Å². The third-order valence-corrected chi connectivity index (χ3v) is 4.11. The SMILES string of the molecule is O=C(N/N=C\[C@@H]1C[C@@H]2C=C[C@H]1C2)c1ccccc1[N+](=O)[O-]. The highest BCUT2D eigenvalue weighted by Crippen LogP contribution is 2.42. The zero-order valence-electron chi connectivity index (χ0n) is 11.3. The third-order valence-electron chi connectivity index (χ3n) is 4.11. The van der Waals surface area contributed by atoms with Crippen LogP contribution in [0, 0.1) is 27.9 Å². The van der Waals surface area contributed by atoms with Crippen molar-refractivity contribution in [3.63, 3.8) is 0 Å². The lowest BCUT2D eigenvalue weighted by Crippen LogP contribution is -2.20. The van der Waals surface area contributed by atoms with Crippen molar-refractivity contribution in [3.05, 3.63) is 52.1 Å². The molecule has 2 bridgehead atoms. The zero-order chi connectivity index (χ0) is 14.8. The summed E-state index contributed by atoms with van der Waals surface area (Å²) in [5.41, 5.74) is 2.19. The monoisotopic (exact) mass is 285 g/mol. The van der Waals surface area contributed by atoms with Gasteiger partial charge in [-0.05, 0) is 30.7 Å². The maximum Gasteiger partial charge on any atom is 0.282 e. The van der Waals surface area contributed by atoms with Crippen LogP contribution >= 0.6 is 0 Å². The van der Waals surface area contributed by atoms with Crippen molar-refractivity contribution in [2.75, 3.05) is 0 Å². The highest BCUT2D eigenvalue weighted by atomic mass is 16.6. The average molecular weight is 285 g/mol. The number of hydrogen-bond donors (Lipinski definition) is 1. The summed E-state index contributed by atoms with van der Waals surface area (Å²) in [6.45, 7) is 0. The van der Waals surface area contributed by atoms with E-state index < -0.39 is 10.8 Å². The number of hydrogen-bond acceptors (Lipinski definition) is 4. The summed E-state index contributed by atoms with van der Waals surface area (Å²) in [7, 11) is 0. The first-order chi connectivity index (χ1) is 10.1. The second kappa shape index (κ2) is 5.47. The average Bonchev–Trinajstić information content (AvgIpc) is 3.09. The molecule has 1 amide bonds. The molecule has 0 saturated heterocycles. The Morgan fingerprint density at radius 1 is 1.33 bits per heavy atom. The van der Waals surface area contributed by atoms with Gasteiger partial charge in [0.1, 0.15) is 5.56 Å². The van der Waals surface area contributed by atoms with Gasteiger partial charge < -0.3 is 0 Å². The first kappa shape index (κ1) is 13.5. The van der Waals surface area contributed by atoms with Crippen LogP contribution in [0.3, 0.4) is 0 Å². The Bertz CT molecular complexity index is 639. The predicted molar refractivity (Wildman–Crippen MR) is 77.9 cm³/mol. The minimum absolute atomic E-state index is 0.0208. The van der Waals surface area contributed by atoms with Gasteiger partial charge in [0, 0.05) is 18.2 Å². The molecule has 2 aliphatic carbocycles. The second-order valence-electron chi connectivity index (χ2n) is 5.44. The maximum absolute atomic E-state index is 12.0. The van der Waals surface area contributed by atoms with Crippen LogP contribution in [0.2, 0.25) is 0 Å². The molecule has 21 heavy (non-hydrogen) atoms. The van der Waals surface area contributed by atoms with E-state index in [2.05, 4.69) is 22.7 Å². The molecule has 1 aromatic carbocycles. The molecule has 0 radical (unpaired) electrons. The third kappa shape index (κ3) is 2.69. The molecule has 6 heteroatoms. The Morgan fingerprint density at radius 2 is 2.14 bits per heavy atom. The van der Waals surface area contributed by atoms with Crippen molar-refractivity contribution in [2.24, 2.45) is 22.9 Å². The normalized spacial score (nSPS) is 26.4. The summed E-state index contributed by atoms with van der Waals surface area (Å²) < 4.78 is 0. The standard InChI is InChI=1S/C15H15N3O3/c19-15(13-3-1-2-4-14(13)18(20)21)17-16-9-12-8-10-5-6-11(12)7-10/h1-6,9-12H,7-8H2,(H,17,19)/b16-9-/t10-,11+,12+/m1/s1. The number of hydrazone groups is 1. The van der Waals surface area contributed by atoms with Gasteiger partial charge in [-0.2, -0.15) is 5.10 Å². The Balaban J connectivity index is 1.65. The van der Waals surface area contributed by atoms with Crippen molar-refractivity contribution < 1.29 is 9.72 Å². The lowest BCUT2D eigenvalue weighted by Gasteiger charge is -2.11. The number of rotatable bonds is 4. The molecule has 1 aromatic rings. The van der Waals surface area contributed by atoms with Gasteiger partial charge in [-0.1, -0.05) is 24.3 Å². The smallest absolute Gasteiger partial charge is 0.267 e. The number of para-hydroxylation sites is 1. The summed E-state index contributed by atoms with van der Waals surface area (Å²) in [6, 6.07) is 5.84. The van der Waals surface area contributed by atoms with Gasteiger partial charge in [0.05, 0.1) is 4.92 Å². The van der Waals surface area contributed by atoms with Crippen molar-refractivity contribution >= 4 is 17.8 Å². The molecule has 0 heterocycles. The summed E-state index contributed by atoms with van der Waals surface area (Å²) in [5.74, 6) is 0.947. The summed E-state index contributed by atoms with van der Waals surface area (Å²) in [4.78, 5) is 22.3. The van der Waals surface area contributed by atoms with E-state index in [9.17, 15) is 14.9 Å². The first-order valence-electron chi connectivity index (χ1n) is 6.90. The van der Waals surface area contributed by atoms with E-state index in [1.807, 2.05) is 0 Å². The van der Waals surface area contributed by atoms with E-state index in [1.54, 1.807) is 12.3 Å². The molecule has 2 aliphatic rings. The maximum atomic E-state index is 12.0. The van der Waals surface area contributed by atoms with Crippen LogP contribution in [-0.2, 0) is 0 Å². The number of nitro groups is 1. The fourth-order valence-corrected chi connectivity index (χ4v) is 3.07. The Labute approximate surface area is 121 Å². The number of nitrogens with zero attached hydrogens (tertiary/aromatic N) is 2. The van der Waals surface area contributed by atoms with Crippen LogP contribution in [0.4, 0.5) is 5.69 Å². The number of amides is 1. The molecule has 0 spiro atoms. The molecule has 1 fully saturated rings. The van der Waals surface area contributed by atoms with Gasteiger partial charge in [-0.25, -0.2) is 5.43 Å². The highest BCUT2D eigenvalue weighted by Gasteiger charge is 2.34. The van der Waals surface area contributed by atoms with E-state index in [0.29, 0.717) is 17.8 Å². The van der Waals surface area contributed by atoms with Crippen LogP contribution in [0.25, 0.3) is 0 Å². The lowest BCUT2D eigenvalue weighted by atomic mass is 9.95. The second-order valence-corrected chi connectivity index (χ2v) is 5.44. The van der Waals surface area contributed by atoms with Crippen LogP contribution in [0.15, 0.2) is 41.5 Å². The van der Waals surface area contributed by atoms with Crippen molar-refractivity contribution in [3.8, 4) is 0 Å². The number of allylic oxidation sites excluding steroid dienone is 2. The summed E-state index contributed by atoms with van der Waals surface area (Å²) >= 11 is 0. The van der Waals surface area contributed by atoms with Gasteiger partial charge >= 0.3 is 0 Å². The molecule has 1 saturated carbocycles. The van der Waals surface area contributed by atoms with Gasteiger partial charge in [-0.15, -0.1) is 0 Å². The molecule has 3 rings (SSSR count). The number of carbonyl (C=O) groups excluding carboxylic acids is 1. The van der Waals surface area contributed by atoms with Crippen molar-refractivity contribution in [1.82, 2.24) is 5.43 Å². The van der Waals surface area contributed by atoms with Crippen LogP contribution in [0.1, 0.15) is 23.2 Å². The van der Waals surface area contributed by atoms with E-state index in [1.165, 1.54) is 18.2 Å². The molecule has 1 N–H and O–H groups in total. The summed E-state index contributed by atoms with van der Waals surface area (Å²) in [5, 5.41) is 14.8. The van der Waals surface area contributed by atoms with E-state index in [-0.39, 0.29) is 11.3 Å². The Kier molecular flexibility index (Phi) is 3.51. The zero-order valence-corrected chi connectivity index (χ0v) is 11.3. The number of fused-ring (bicyclic) bond motifs is 2. The Morgan fingerprint density at radius 3 is 2.81 bits per heavy atom. The van der Waals surface area contributed by atoms with Crippen LogP contribution in [0.5, 0.6) is 0 Å². The fraction of sp³-hybridized carbons (Fsp3) is 0.333. The molecule has 3 atom stereocenters. The molecular formula is C15H15N3O3. The lowest BCUT2D eigenvalue weighted by molar-refractivity contribution is -0.385. The number of benzene rings is 1. The largest absolute Gasteiger partial charge is 0.282 e. The topological polar surface area (TPSA) is 84.6 Å². The molecule has 0 aliphatic heterocycles. The summed E-state index contributed by atoms with van der Waals surface area (Å²) in [6.07, 6.45) is 8.41. The van der Waals surface area contributed by atoms with Crippen LogP contribution < -0.4 is 5.43 Å². The number of carbonyl (C=O) groups is 1. The van der Waals surface area contributed by atoms with Gasteiger partial charge in [0.2, 0.25) is 0 Å². The first-order valence-corrected chi connectivity index (χ1v) is 6.90. The molecule has 0 unspecified atom stereocenters. The van der Waals surface area contributed by atoms with Crippen molar-refractivity contribution in [1.29, 1.82) is 0 Å². The quantitative estimate of drug-likeness (QED) is 0.399.